The third-order valence-electron chi connectivity index (χ3n) is 4.74. The van der Waals surface area contributed by atoms with E-state index in [9.17, 15) is 4.79 Å². The van der Waals surface area contributed by atoms with E-state index in [2.05, 4.69) is 37.0 Å². The van der Waals surface area contributed by atoms with Gasteiger partial charge in [-0.2, -0.15) is 4.98 Å². The van der Waals surface area contributed by atoms with E-state index in [4.69, 9.17) is 11.6 Å². The molecule has 25 heavy (non-hydrogen) atoms. The summed E-state index contributed by atoms with van der Waals surface area (Å²) in [6, 6.07) is 13.9. The largest absolute Gasteiger partial charge is 0.352 e. The van der Waals surface area contributed by atoms with Crippen molar-refractivity contribution in [2.24, 2.45) is 5.92 Å². The Balaban J connectivity index is 2.04. The van der Waals surface area contributed by atoms with Crippen molar-refractivity contribution < 1.29 is 0 Å². The molecule has 0 spiro atoms. The molecule has 3 nitrogen and oxygen atoms in total. The van der Waals surface area contributed by atoms with Gasteiger partial charge in [-0.05, 0) is 54.9 Å². The monoisotopic (exact) mass is 352 g/mol. The fourth-order valence-electron chi connectivity index (χ4n) is 3.39. The second kappa shape index (κ2) is 6.30. The summed E-state index contributed by atoms with van der Waals surface area (Å²) in [4.78, 5) is 17.3. The van der Waals surface area contributed by atoms with Gasteiger partial charge < -0.3 is 0 Å². The van der Waals surface area contributed by atoms with Gasteiger partial charge in [-0.25, -0.2) is 4.79 Å². The fourth-order valence-corrected chi connectivity index (χ4v) is 3.61. The minimum absolute atomic E-state index is 0.260. The van der Waals surface area contributed by atoms with Gasteiger partial charge in [0.15, 0.2) is 0 Å². The Kier molecular flexibility index (Phi) is 4.12. The highest BCUT2D eigenvalue weighted by molar-refractivity contribution is 6.32. The summed E-state index contributed by atoms with van der Waals surface area (Å²) in [5, 5.41) is 1.60. The normalized spacial score (nSPS) is 14.4. The molecule has 0 N–H and O–H groups in total. The van der Waals surface area contributed by atoms with Crippen LogP contribution < -0.4 is 5.69 Å². The molecule has 0 radical (unpaired) electrons. The number of hydrogen-bond acceptors (Lipinski definition) is 2. The van der Waals surface area contributed by atoms with Crippen LogP contribution in [0.5, 0.6) is 0 Å². The average Bonchev–Trinajstić information content (AvgIpc) is 3.40. The van der Waals surface area contributed by atoms with Crippen LogP contribution in [0.1, 0.15) is 43.9 Å². The number of para-hydroxylation sites is 1. The summed E-state index contributed by atoms with van der Waals surface area (Å²) in [5.41, 5.74) is 3.52. The summed E-state index contributed by atoms with van der Waals surface area (Å²) in [6.45, 7) is 4.29. The van der Waals surface area contributed by atoms with E-state index in [1.165, 1.54) is 18.4 Å². The van der Waals surface area contributed by atoms with E-state index >= 15 is 0 Å². The molecule has 1 heterocycles. The Morgan fingerprint density at radius 1 is 1.20 bits per heavy atom. The van der Waals surface area contributed by atoms with Gasteiger partial charge in [-0.3, -0.25) is 4.57 Å². The number of aromatic nitrogens is 2. The Morgan fingerprint density at radius 2 is 1.96 bits per heavy atom. The molecule has 0 atom stereocenters. The van der Waals surface area contributed by atoms with Crippen molar-refractivity contribution in [3.8, 4) is 5.69 Å². The number of hydrogen-bond donors (Lipinski definition) is 0. The van der Waals surface area contributed by atoms with Gasteiger partial charge >= 0.3 is 5.69 Å². The highest BCUT2D eigenvalue weighted by atomic mass is 35.5. The zero-order valence-electron chi connectivity index (χ0n) is 14.5. The molecular formula is C21H21ClN2O. The first-order valence-electron chi connectivity index (χ1n) is 8.85. The van der Waals surface area contributed by atoms with Crippen molar-refractivity contribution in [3.63, 3.8) is 0 Å². The Morgan fingerprint density at radius 3 is 2.64 bits per heavy atom. The summed E-state index contributed by atoms with van der Waals surface area (Å²) in [7, 11) is 0. The molecule has 1 aromatic heterocycles. The van der Waals surface area contributed by atoms with Gasteiger partial charge in [0.05, 0.1) is 21.9 Å². The third kappa shape index (κ3) is 3.09. The summed E-state index contributed by atoms with van der Waals surface area (Å²) >= 11 is 6.38. The molecule has 2 aromatic carbocycles. The number of nitrogens with zero attached hydrogens (tertiary/aromatic N) is 2. The first-order chi connectivity index (χ1) is 12.0. The van der Waals surface area contributed by atoms with Gasteiger partial charge in [0, 0.05) is 5.39 Å². The van der Waals surface area contributed by atoms with E-state index < -0.39 is 0 Å². The van der Waals surface area contributed by atoms with E-state index in [0.717, 1.165) is 23.0 Å². The highest BCUT2D eigenvalue weighted by Crippen LogP contribution is 2.41. The molecule has 1 aliphatic carbocycles. The fraction of sp³-hybridized carbons (Fsp3) is 0.333. The molecule has 0 amide bonds. The molecule has 128 valence electrons. The molecular weight excluding hydrogens is 332 g/mol. The third-order valence-corrected chi connectivity index (χ3v) is 5.06. The second-order valence-corrected chi connectivity index (χ2v) is 7.68. The van der Waals surface area contributed by atoms with E-state index in [1.54, 1.807) is 4.57 Å². The van der Waals surface area contributed by atoms with Crippen LogP contribution in [0.4, 0.5) is 0 Å². The zero-order chi connectivity index (χ0) is 17.6. The smallest absolute Gasteiger partial charge is 0.259 e. The molecule has 1 aliphatic rings. The molecule has 0 saturated heterocycles. The maximum atomic E-state index is 12.9. The van der Waals surface area contributed by atoms with Gasteiger partial charge in [-0.1, -0.05) is 49.7 Å². The molecule has 0 aliphatic heterocycles. The van der Waals surface area contributed by atoms with Crippen LogP contribution in [0.25, 0.3) is 16.6 Å². The molecule has 4 rings (SSSR count). The maximum absolute atomic E-state index is 12.9. The molecule has 1 saturated carbocycles. The minimum Gasteiger partial charge on any atom is -0.259 e. The number of benzene rings is 2. The van der Waals surface area contributed by atoms with Crippen molar-refractivity contribution in [3.05, 3.63) is 69.2 Å². The van der Waals surface area contributed by atoms with Crippen molar-refractivity contribution in [2.45, 2.75) is 39.0 Å². The summed E-state index contributed by atoms with van der Waals surface area (Å²) < 4.78 is 1.66. The van der Waals surface area contributed by atoms with Gasteiger partial charge in [0.2, 0.25) is 0 Å². The Hall–Kier alpha value is -2.13. The number of halogens is 1. The predicted octanol–water partition coefficient (Wildman–Crippen LogP) is 5.12. The van der Waals surface area contributed by atoms with Crippen LogP contribution in [0.3, 0.4) is 0 Å². The lowest BCUT2D eigenvalue weighted by Crippen LogP contribution is -2.24. The molecule has 0 unspecified atom stereocenters. The molecule has 4 heteroatoms. The quantitative estimate of drug-likeness (QED) is 0.653. The number of fused-ring (bicyclic) bond motifs is 1. The van der Waals surface area contributed by atoms with Crippen LogP contribution in [0, 0.1) is 5.92 Å². The first kappa shape index (κ1) is 16.3. The lowest BCUT2D eigenvalue weighted by molar-refractivity contribution is 0.634. The average molecular weight is 353 g/mol. The van der Waals surface area contributed by atoms with Crippen LogP contribution in [0.15, 0.2) is 47.3 Å². The van der Waals surface area contributed by atoms with Crippen molar-refractivity contribution >= 4 is 22.5 Å². The second-order valence-electron chi connectivity index (χ2n) is 7.28. The molecule has 3 aromatic rings. The highest BCUT2D eigenvalue weighted by Gasteiger charge is 2.24. The zero-order valence-corrected chi connectivity index (χ0v) is 15.3. The summed E-state index contributed by atoms with van der Waals surface area (Å²) in [5.74, 6) is 1.07. The van der Waals surface area contributed by atoms with E-state index in [-0.39, 0.29) is 5.69 Å². The van der Waals surface area contributed by atoms with Crippen LogP contribution >= 0.6 is 11.6 Å². The van der Waals surface area contributed by atoms with Gasteiger partial charge in [0.1, 0.15) is 0 Å². The lowest BCUT2D eigenvalue weighted by atomic mass is 10.0. The van der Waals surface area contributed by atoms with Gasteiger partial charge in [-0.15, -0.1) is 0 Å². The Bertz CT molecular complexity index is 1000. The number of rotatable bonds is 4. The molecule has 1 fully saturated rings. The van der Waals surface area contributed by atoms with Gasteiger partial charge in [0.25, 0.3) is 0 Å². The summed E-state index contributed by atoms with van der Waals surface area (Å²) in [6.07, 6.45) is 3.25. The van der Waals surface area contributed by atoms with E-state index in [0.29, 0.717) is 22.5 Å². The standard InChI is InChI=1S/C21H21ClN2O/c1-13(2)11-18-16-10-9-15(14-7-8-14)12-20(16)24(21(25)23-18)19-6-4-3-5-17(19)22/h3-6,9-10,12-14H,7-8,11H2,1-2H3. The topological polar surface area (TPSA) is 34.9 Å². The maximum Gasteiger partial charge on any atom is 0.352 e. The van der Waals surface area contributed by atoms with Crippen LogP contribution in [-0.4, -0.2) is 9.55 Å². The van der Waals surface area contributed by atoms with E-state index in [1.807, 2.05) is 24.3 Å². The van der Waals surface area contributed by atoms with Crippen LogP contribution in [0.2, 0.25) is 5.02 Å². The van der Waals surface area contributed by atoms with Crippen molar-refractivity contribution in [1.82, 2.24) is 9.55 Å². The van der Waals surface area contributed by atoms with Crippen LogP contribution in [-0.2, 0) is 6.42 Å². The predicted molar refractivity (Wildman–Crippen MR) is 103 cm³/mol. The van der Waals surface area contributed by atoms with Crippen molar-refractivity contribution in [1.29, 1.82) is 0 Å². The minimum atomic E-state index is -0.260. The first-order valence-corrected chi connectivity index (χ1v) is 9.23. The SMILES string of the molecule is CC(C)Cc1nc(=O)n(-c2ccccc2Cl)c2cc(C3CC3)ccc12. The van der Waals surface area contributed by atoms with Crippen molar-refractivity contribution in [2.75, 3.05) is 0 Å². The Labute approximate surface area is 152 Å². The molecule has 0 bridgehead atoms. The lowest BCUT2D eigenvalue weighted by Gasteiger charge is -2.15.